The van der Waals surface area contributed by atoms with E-state index in [-0.39, 0.29) is 30.7 Å². The fourth-order valence-electron chi connectivity index (χ4n) is 2.25. The third-order valence-electron chi connectivity index (χ3n) is 3.94. The van der Waals surface area contributed by atoms with Crippen LogP contribution in [0.4, 0.5) is 0 Å². The first-order chi connectivity index (χ1) is 8.79. The van der Waals surface area contributed by atoms with E-state index in [0.717, 1.165) is 0 Å². The van der Waals surface area contributed by atoms with Gasteiger partial charge in [0.2, 0.25) is 5.91 Å². The molecule has 0 aromatic rings. The Morgan fingerprint density at radius 1 is 1.37 bits per heavy atom. The standard InChI is InChI=1S/C13H24N2O4/c1-7(2)8(3)11(14)12(17)15-6-9(16)5-10(15)13(18)19-4/h7-11,16H,5-6,14H2,1-4H3/t8?,9-,10+,11+/m1/s1. The lowest BCUT2D eigenvalue weighted by atomic mass is 9.90. The van der Waals surface area contributed by atoms with Gasteiger partial charge in [-0.1, -0.05) is 20.8 Å². The monoisotopic (exact) mass is 272 g/mol. The summed E-state index contributed by atoms with van der Waals surface area (Å²) in [5.41, 5.74) is 5.97. The fourth-order valence-corrected chi connectivity index (χ4v) is 2.25. The molecule has 4 atom stereocenters. The molecule has 0 radical (unpaired) electrons. The summed E-state index contributed by atoms with van der Waals surface area (Å²) in [6.07, 6.45) is -0.490. The molecule has 3 N–H and O–H groups in total. The first kappa shape index (κ1) is 15.9. The second-order valence-electron chi connectivity index (χ2n) is 5.55. The van der Waals surface area contributed by atoms with E-state index in [1.165, 1.54) is 12.0 Å². The van der Waals surface area contributed by atoms with E-state index >= 15 is 0 Å². The van der Waals surface area contributed by atoms with Crippen LogP contribution in [0.15, 0.2) is 0 Å². The lowest BCUT2D eigenvalue weighted by molar-refractivity contribution is -0.151. The van der Waals surface area contributed by atoms with Crippen molar-refractivity contribution in [1.29, 1.82) is 0 Å². The van der Waals surface area contributed by atoms with Gasteiger partial charge in [-0.15, -0.1) is 0 Å². The molecule has 0 bridgehead atoms. The number of ether oxygens (including phenoxy) is 1. The highest BCUT2D eigenvalue weighted by Crippen LogP contribution is 2.22. The number of likely N-dealkylation sites (tertiary alicyclic amines) is 1. The molecule has 6 nitrogen and oxygen atoms in total. The van der Waals surface area contributed by atoms with E-state index in [1.807, 2.05) is 20.8 Å². The Labute approximate surface area is 113 Å². The molecule has 1 fully saturated rings. The smallest absolute Gasteiger partial charge is 0.328 e. The molecule has 1 amide bonds. The maximum absolute atomic E-state index is 12.3. The molecule has 0 aromatic carbocycles. The number of methoxy groups -OCH3 is 1. The second-order valence-corrected chi connectivity index (χ2v) is 5.55. The molecule has 0 aliphatic carbocycles. The van der Waals surface area contributed by atoms with Crippen molar-refractivity contribution in [3.63, 3.8) is 0 Å². The third-order valence-corrected chi connectivity index (χ3v) is 3.94. The quantitative estimate of drug-likeness (QED) is 0.688. The SMILES string of the molecule is COC(=O)[C@@H]1C[C@@H](O)CN1C(=O)[C@@H](N)C(C)C(C)C. The number of hydrogen-bond acceptors (Lipinski definition) is 5. The molecule has 1 heterocycles. The van der Waals surface area contributed by atoms with Crippen LogP contribution in [0.25, 0.3) is 0 Å². The minimum Gasteiger partial charge on any atom is -0.467 e. The molecule has 1 saturated heterocycles. The Bertz CT molecular complexity index is 346. The fraction of sp³-hybridized carbons (Fsp3) is 0.846. The lowest BCUT2D eigenvalue weighted by Crippen LogP contribution is -2.52. The minimum atomic E-state index is -0.724. The van der Waals surface area contributed by atoms with Crippen LogP contribution in [-0.2, 0) is 14.3 Å². The number of β-amino-alcohol motifs (C(OH)–C–C–N with tert-alkyl or cyclic N) is 1. The first-order valence-electron chi connectivity index (χ1n) is 6.61. The molecular weight excluding hydrogens is 248 g/mol. The maximum Gasteiger partial charge on any atom is 0.328 e. The number of nitrogens with zero attached hydrogens (tertiary/aromatic N) is 1. The number of nitrogens with two attached hydrogens (primary N) is 1. The van der Waals surface area contributed by atoms with Crippen molar-refractivity contribution in [1.82, 2.24) is 4.90 Å². The second kappa shape index (κ2) is 6.34. The molecule has 0 aromatic heterocycles. The van der Waals surface area contributed by atoms with Crippen LogP contribution >= 0.6 is 0 Å². The van der Waals surface area contributed by atoms with Crippen molar-refractivity contribution < 1.29 is 19.4 Å². The van der Waals surface area contributed by atoms with Gasteiger partial charge < -0.3 is 20.5 Å². The van der Waals surface area contributed by atoms with Gasteiger partial charge in [0.05, 0.1) is 19.3 Å². The van der Waals surface area contributed by atoms with Crippen molar-refractivity contribution in [3.05, 3.63) is 0 Å². The average Bonchev–Trinajstić information content (AvgIpc) is 2.76. The number of carbonyl (C=O) groups is 2. The lowest BCUT2D eigenvalue weighted by Gasteiger charge is -2.29. The van der Waals surface area contributed by atoms with E-state index in [2.05, 4.69) is 4.74 Å². The van der Waals surface area contributed by atoms with Crippen LogP contribution in [-0.4, -0.2) is 53.7 Å². The molecule has 110 valence electrons. The normalized spacial score (nSPS) is 26.4. The van der Waals surface area contributed by atoms with Gasteiger partial charge in [-0.2, -0.15) is 0 Å². The summed E-state index contributed by atoms with van der Waals surface area (Å²) in [7, 11) is 1.27. The number of aliphatic hydroxyl groups is 1. The van der Waals surface area contributed by atoms with Crippen molar-refractivity contribution in [2.24, 2.45) is 17.6 Å². The van der Waals surface area contributed by atoms with E-state index in [1.54, 1.807) is 0 Å². The van der Waals surface area contributed by atoms with E-state index in [9.17, 15) is 14.7 Å². The van der Waals surface area contributed by atoms with E-state index < -0.39 is 24.2 Å². The summed E-state index contributed by atoms with van der Waals surface area (Å²) >= 11 is 0. The van der Waals surface area contributed by atoms with Gasteiger partial charge in [-0.05, 0) is 11.8 Å². The Kier molecular flexibility index (Phi) is 5.31. The van der Waals surface area contributed by atoms with Gasteiger partial charge >= 0.3 is 5.97 Å². The number of amides is 1. The Balaban J connectivity index is 2.82. The molecule has 6 heteroatoms. The summed E-state index contributed by atoms with van der Waals surface area (Å²) in [6, 6.07) is -1.39. The van der Waals surface area contributed by atoms with Crippen LogP contribution < -0.4 is 5.73 Å². The molecule has 1 rings (SSSR count). The zero-order valence-electron chi connectivity index (χ0n) is 12.0. The summed E-state index contributed by atoms with van der Waals surface area (Å²) in [6.45, 7) is 6.03. The van der Waals surface area contributed by atoms with Crippen molar-refractivity contribution in [2.45, 2.75) is 45.4 Å². The van der Waals surface area contributed by atoms with Crippen molar-refractivity contribution in [2.75, 3.05) is 13.7 Å². The maximum atomic E-state index is 12.3. The predicted octanol–water partition coefficient (Wildman–Crippen LogP) is -0.259. The predicted molar refractivity (Wildman–Crippen MR) is 70.1 cm³/mol. The number of hydrogen-bond donors (Lipinski definition) is 2. The van der Waals surface area contributed by atoms with Crippen LogP contribution in [0.3, 0.4) is 0 Å². The first-order valence-corrected chi connectivity index (χ1v) is 6.61. The Morgan fingerprint density at radius 3 is 2.42 bits per heavy atom. The Morgan fingerprint density at radius 2 is 1.95 bits per heavy atom. The largest absolute Gasteiger partial charge is 0.467 e. The van der Waals surface area contributed by atoms with Gasteiger partial charge in [-0.3, -0.25) is 4.79 Å². The zero-order valence-corrected chi connectivity index (χ0v) is 12.0. The highest BCUT2D eigenvalue weighted by atomic mass is 16.5. The van der Waals surface area contributed by atoms with Gasteiger partial charge in [0.1, 0.15) is 6.04 Å². The molecule has 0 saturated carbocycles. The highest BCUT2D eigenvalue weighted by Gasteiger charge is 2.42. The molecular formula is C13H24N2O4. The van der Waals surface area contributed by atoms with Crippen molar-refractivity contribution in [3.8, 4) is 0 Å². The highest BCUT2D eigenvalue weighted by molar-refractivity contribution is 5.88. The van der Waals surface area contributed by atoms with Gasteiger partial charge in [0.25, 0.3) is 0 Å². The summed E-state index contributed by atoms with van der Waals surface area (Å²) in [4.78, 5) is 25.3. The molecule has 1 unspecified atom stereocenters. The van der Waals surface area contributed by atoms with Crippen LogP contribution in [0.2, 0.25) is 0 Å². The summed E-state index contributed by atoms with van der Waals surface area (Å²) in [5.74, 6) is -0.533. The number of carbonyl (C=O) groups excluding carboxylic acids is 2. The molecule has 0 spiro atoms. The molecule has 19 heavy (non-hydrogen) atoms. The zero-order chi connectivity index (χ0) is 14.7. The summed E-state index contributed by atoms with van der Waals surface area (Å²) in [5, 5.41) is 9.65. The van der Waals surface area contributed by atoms with E-state index in [0.29, 0.717) is 0 Å². The number of esters is 1. The number of aliphatic hydroxyl groups excluding tert-OH is 1. The Hall–Kier alpha value is -1.14. The minimum absolute atomic E-state index is 0.00328. The topological polar surface area (TPSA) is 92.9 Å². The van der Waals surface area contributed by atoms with E-state index in [4.69, 9.17) is 5.73 Å². The van der Waals surface area contributed by atoms with Gasteiger partial charge in [-0.25, -0.2) is 4.79 Å². The summed E-state index contributed by atoms with van der Waals surface area (Å²) < 4.78 is 4.67. The number of rotatable bonds is 4. The van der Waals surface area contributed by atoms with Crippen molar-refractivity contribution >= 4 is 11.9 Å². The average molecular weight is 272 g/mol. The van der Waals surface area contributed by atoms with Gasteiger partial charge in [0, 0.05) is 13.0 Å². The van der Waals surface area contributed by atoms with Crippen LogP contribution in [0.1, 0.15) is 27.2 Å². The van der Waals surface area contributed by atoms with Crippen LogP contribution in [0.5, 0.6) is 0 Å². The molecule has 1 aliphatic heterocycles. The van der Waals surface area contributed by atoms with Crippen LogP contribution in [0, 0.1) is 11.8 Å². The van der Waals surface area contributed by atoms with Gasteiger partial charge in [0.15, 0.2) is 0 Å². The third kappa shape index (κ3) is 3.45. The molecule has 1 aliphatic rings.